The van der Waals surface area contributed by atoms with E-state index < -0.39 is 5.82 Å². The lowest BCUT2D eigenvalue weighted by Crippen LogP contribution is -2.39. The van der Waals surface area contributed by atoms with E-state index in [2.05, 4.69) is 60.5 Å². The Bertz CT molecular complexity index is 3160. The zero-order valence-corrected chi connectivity index (χ0v) is 48.1. The number of carbonyl (C=O) groups excluding carboxylic acids is 3. The molecule has 0 bridgehead atoms. The quantitative estimate of drug-likeness (QED) is 0.0353. The molecule has 6 aliphatic rings. The maximum atomic E-state index is 15.4. The number of pyridine rings is 1. The second kappa shape index (κ2) is 25.0. The molecule has 5 heterocycles. The van der Waals surface area contributed by atoms with E-state index in [9.17, 15) is 14.4 Å². The number of carbonyl (C=O) groups is 3. The van der Waals surface area contributed by atoms with Crippen molar-refractivity contribution in [1.82, 2.24) is 20.3 Å². The summed E-state index contributed by atoms with van der Waals surface area (Å²) in [6.07, 6.45) is 26.4. The van der Waals surface area contributed by atoms with Crippen molar-refractivity contribution in [1.29, 1.82) is 0 Å². The number of esters is 1. The van der Waals surface area contributed by atoms with E-state index in [4.69, 9.17) is 35.6 Å². The number of amides is 2. The molecule has 12 nitrogen and oxygen atoms in total. The van der Waals surface area contributed by atoms with Crippen LogP contribution in [-0.4, -0.2) is 84.3 Å². The fourth-order valence-electron chi connectivity index (χ4n) is 14.9. The van der Waals surface area contributed by atoms with E-state index >= 15 is 4.39 Å². The highest BCUT2D eigenvalue weighted by Crippen LogP contribution is 2.54. The summed E-state index contributed by atoms with van der Waals surface area (Å²) >= 11 is 0. The van der Waals surface area contributed by atoms with Gasteiger partial charge in [-0.1, -0.05) is 88.1 Å². The van der Waals surface area contributed by atoms with E-state index in [0.717, 1.165) is 179 Å². The van der Waals surface area contributed by atoms with Crippen LogP contribution >= 0.6 is 0 Å². The van der Waals surface area contributed by atoms with Gasteiger partial charge < -0.3 is 24.0 Å². The number of hydrogen-bond acceptors (Lipinski definition) is 11. The van der Waals surface area contributed by atoms with Gasteiger partial charge in [0.25, 0.3) is 0 Å². The third kappa shape index (κ3) is 12.7. The minimum atomic E-state index is -0.425. The van der Waals surface area contributed by atoms with Crippen molar-refractivity contribution in [3.63, 3.8) is 0 Å². The van der Waals surface area contributed by atoms with Crippen molar-refractivity contribution in [3.05, 3.63) is 95.5 Å². The van der Waals surface area contributed by atoms with E-state index in [0.29, 0.717) is 74.0 Å². The number of nitrogens with zero attached hydrogens (tertiary/aromatic N) is 5. The van der Waals surface area contributed by atoms with Crippen LogP contribution in [-0.2, 0) is 30.3 Å². The molecule has 3 saturated carbocycles. The van der Waals surface area contributed by atoms with Crippen LogP contribution in [0.1, 0.15) is 165 Å². The lowest BCUT2D eigenvalue weighted by atomic mass is 9.75. The number of hydrogen-bond donors (Lipinski definition) is 1. The van der Waals surface area contributed by atoms with Gasteiger partial charge in [-0.3, -0.25) is 24.7 Å². The summed E-state index contributed by atoms with van der Waals surface area (Å²) in [5, 5.41) is 4.91. The number of ether oxygens (including phenoxy) is 3. The topological polar surface area (TPSA) is 136 Å². The Labute approximate surface area is 478 Å². The van der Waals surface area contributed by atoms with Crippen LogP contribution in [0.5, 0.6) is 6.01 Å². The van der Waals surface area contributed by atoms with E-state index in [1.807, 2.05) is 36.5 Å². The first kappa shape index (κ1) is 56.5. The summed E-state index contributed by atoms with van der Waals surface area (Å²) in [7, 11) is 0. The van der Waals surface area contributed by atoms with Crippen molar-refractivity contribution in [2.75, 3.05) is 49.2 Å². The summed E-state index contributed by atoms with van der Waals surface area (Å²) in [5.74, 6) is 4.32. The van der Waals surface area contributed by atoms with E-state index in [1.165, 1.54) is 11.6 Å². The zero-order chi connectivity index (χ0) is 56.2. The third-order valence-corrected chi connectivity index (χ3v) is 19.4. The minimum absolute atomic E-state index is 0.0740. The van der Waals surface area contributed by atoms with E-state index in [-0.39, 0.29) is 52.8 Å². The number of halogens is 1. The van der Waals surface area contributed by atoms with E-state index in [1.54, 1.807) is 6.07 Å². The van der Waals surface area contributed by atoms with Gasteiger partial charge in [-0.25, -0.2) is 4.39 Å². The van der Waals surface area contributed by atoms with Crippen molar-refractivity contribution >= 4 is 51.0 Å². The van der Waals surface area contributed by atoms with Gasteiger partial charge in [0.15, 0.2) is 0 Å². The molecule has 3 aromatic carbocycles. The Morgan fingerprint density at radius 2 is 1.65 bits per heavy atom. The lowest BCUT2D eigenvalue weighted by Gasteiger charge is -2.35. The Hall–Kier alpha value is -6.39. The minimum Gasteiger partial charge on any atom is -0.465 e. The molecule has 1 N–H and O–H groups in total. The van der Waals surface area contributed by atoms with Crippen LogP contribution in [0.4, 0.5) is 15.9 Å². The summed E-state index contributed by atoms with van der Waals surface area (Å²) in [4.78, 5) is 58.3. The van der Waals surface area contributed by atoms with Gasteiger partial charge in [0.1, 0.15) is 11.6 Å². The van der Waals surface area contributed by atoms with Gasteiger partial charge in [-0.05, 0) is 161 Å². The molecular formula is C68H83FN6O6. The maximum absolute atomic E-state index is 15.4. The fourth-order valence-corrected chi connectivity index (χ4v) is 14.9. The molecule has 2 aromatic heterocycles. The Balaban J connectivity index is 0.714. The Kier molecular flexibility index (Phi) is 17.4. The number of piperidine rings is 2. The summed E-state index contributed by atoms with van der Waals surface area (Å²) in [6, 6.07) is 17.8. The number of aryl methyl sites for hydroxylation is 1. The van der Waals surface area contributed by atoms with Crippen molar-refractivity contribution in [2.45, 2.75) is 167 Å². The Morgan fingerprint density at radius 1 is 0.877 bits per heavy atom. The summed E-state index contributed by atoms with van der Waals surface area (Å²) in [5.41, 5.74) is 6.83. The van der Waals surface area contributed by atoms with Crippen LogP contribution in [0.3, 0.4) is 0 Å². The molecule has 11 rings (SSSR count). The predicted octanol–water partition coefficient (Wildman–Crippen LogP) is 13.4. The second-order valence-electron chi connectivity index (χ2n) is 25.4. The van der Waals surface area contributed by atoms with Gasteiger partial charge in [0.2, 0.25) is 11.8 Å². The van der Waals surface area contributed by atoms with Gasteiger partial charge in [-0.15, -0.1) is 6.42 Å². The molecule has 428 valence electrons. The standard InChI is InChI=1S/C68H83FN6O6/c1-6-10-57-63(56-14-9-12-49-21-27-59(69)54(7-2)62(49)56)70-38-58-64(57)72-67(73-65(58)75-39-43(3)15-16-44(4)40-75)80-42-68-32-29-47(17-22-50(68)35-45(5)37-68)41-79-61(77)36-46-11-8-13-52(25-18-46)81-53-30-33-74(34-31-53)51-23-19-48(20-24-51)55-26-28-60(76)71-66(55)78/h2,9,12,14,19-21,23-24,27,38,43-44,46-47,50,52-53,55H,5-6,8,10-11,13,15-18,22,25-26,28-37,39-42H2,1,3-4H3,(H,71,76,78). The Morgan fingerprint density at radius 3 is 2.42 bits per heavy atom. The number of rotatable bonds is 15. The number of anilines is 2. The first-order valence-corrected chi connectivity index (χ1v) is 30.8. The molecule has 0 radical (unpaired) electrons. The van der Waals surface area contributed by atoms with Crippen LogP contribution in [0.2, 0.25) is 0 Å². The highest BCUT2D eigenvalue weighted by Gasteiger charge is 2.47. The van der Waals surface area contributed by atoms with Crippen LogP contribution in [0.25, 0.3) is 32.9 Å². The molecule has 0 spiro atoms. The normalized spacial score (nSPS) is 26.8. The average Bonchev–Trinajstić information content (AvgIpc) is 3.80. The molecule has 8 atom stereocenters. The number of nitrogens with one attached hydrogen (secondary N) is 1. The van der Waals surface area contributed by atoms with Crippen molar-refractivity contribution in [2.24, 2.45) is 35.0 Å². The molecule has 6 fully saturated rings. The molecule has 2 amide bonds. The monoisotopic (exact) mass is 1100 g/mol. The summed E-state index contributed by atoms with van der Waals surface area (Å²) < 4.78 is 35.3. The van der Waals surface area contributed by atoms with Crippen molar-refractivity contribution < 1.29 is 33.0 Å². The smallest absolute Gasteiger partial charge is 0.318 e. The van der Waals surface area contributed by atoms with Gasteiger partial charge in [-0.2, -0.15) is 9.97 Å². The molecule has 3 saturated heterocycles. The van der Waals surface area contributed by atoms with Crippen LogP contribution in [0, 0.1) is 53.2 Å². The predicted molar refractivity (Wildman–Crippen MR) is 318 cm³/mol. The fraction of sp³-hybridized carbons (Fsp3) is 0.559. The first-order valence-electron chi connectivity index (χ1n) is 30.8. The SMILES string of the molecule is C#Cc1c(F)ccc2cccc(-c3ncc4c(N5CC(C)CCC(C)C5)nc(OCC56CCC(COC(=O)CC7CCCC(OC8CCN(c9ccc(C%10CCC(=O)NC%10=O)cc9)CC8)CC7)CCC5CC(=C)C6)nc4c3CCC)c12. The number of terminal acetylenes is 1. The molecule has 13 heteroatoms. The second-order valence-corrected chi connectivity index (χ2v) is 25.4. The van der Waals surface area contributed by atoms with Crippen LogP contribution in [0.15, 0.2) is 72.9 Å². The van der Waals surface area contributed by atoms with Gasteiger partial charge in [0.05, 0.1) is 53.5 Å². The van der Waals surface area contributed by atoms with Crippen LogP contribution < -0.4 is 19.9 Å². The van der Waals surface area contributed by atoms with Crippen molar-refractivity contribution in [3.8, 4) is 29.6 Å². The highest BCUT2D eigenvalue weighted by molar-refractivity contribution is 6.03. The number of fused-ring (bicyclic) bond motifs is 3. The zero-order valence-electron chi connectivity index (χ0n) is 48.1. The molecular weight excluding hydrogens is 1020 g/mol. The molecule has 81 heavy (non-hydrogen) atoms. The lowest BCUT2D eigenvalue weighted by molar-refractivity contribution is -0.146. The molecule has 3 aliphatic carbocycles. The third-order valence-electron chi connectivity index (χ3n) is 19.4. The molecule has 8 unspecified atom stereocenters. The molecule has 5 aromatic rings. The number of aromatic nitrogens is 3. The highest BCUT2D eigenvalue weighted by atomic mass is 19.1. The van der Waals surface area contributed by atoms with Gasteiger partial charge >= 0.3 is 12.0 Å². The van der Waals surface area contributed by atoms with Gasteiger partial charge in [0, 0.05) is 72.8 Å². The summed E-state index contributed by atoms with van der Waals surface area (Å²) in [6.45, 7) is 15.9. The number of benzene rings is 3. The average molecular weight is 1100 g/mol. The molecule has 3 aliphatic heterocycles. The largest absolute Gasteiger partial charge is 0.465 e. The number of allylic oxidation sites excluding steroid dienone is 1. The first-order chi connectivity index (χ1) is 39.3. The number of imide groups is 1. The maximum Gasteiger partial charge on any atom is 0.318 e.